The summed E-state index contributed by atoms with van der Waals surface area (Å²) in [5.41, 5.74) is 2.57. The number of carbonyl (C=O) groups excluding carboxylic acids is 1. The first-order valence-electron chi connectivity index (χ1n) is 7.63. The number of carbonyl (C=O) groups is 1. The molecule has 0 bridgehead atoms. The van der Waals surface area contributed by atoms with Crippen LogP contribution in [0.2, 0.25) is 0 Å². The second-order valence-electron chi connectivity index (χ2n) is 5.80. The Hall–Kier alpha value is -2.87. The Labute approximate surface area is 146 Å². The summed E-state index contributed by atoms with van der Waals surface area (Å²) in [5.74, 6) is -0.592. The highest BCUT2D eigenvalue weighted by Crippen LogP contribution is 2.23. The predicted octanol–water partition coefficient (Wildman–Crippen LogP) is 3.66. The minimum Gasteiger partial charge on any atom is -0.289 e. The minimum atomic E-state index is -0.418. The van der Waals surface area contributed by atoms with Gasteiger partial charge in [-0.3, -0.25) is 15.1 Å². The maximum absolute atomic E-state index is 13.6. The number of nitrogens with zero attached hydrogens (tertiary/aromatic N) is 4. The van der Waals surface area contributed by atoms with E-state index in [1.54, 1.807) is 23.6 Å². The van der Waals surface area contributed by atoms with Gasteiger partial charge in [-0.05, 0) is 45.0 Å². The first-order valence-corrected chi connectivity index (χ1v) is 8.45. The van der Waals surface area contributed by atoms with E-state index in [-0.39, 0.29) is 5.95 Å². The summed E-state index contributed by atoms with van der Waals surface area (Å²) < 4.78 is 15.3. The Morgan fingerprint density at radius 3 is 2.76 bits per heavy atom. The molecule has 0 aliphatic carbocycles. The molecule has 0 spiro atoms. The van der Waals surface area contributed by atoms with Gasteiger partial charge in [-0.25, -0.2) is 8.91 Å². The number of amides is 1. The topological polar surface area (TPSA) is 72.2 Å². The van der Waals surface area contributed by atoms with Crippen molar-refractivity contribution in [3.05, 3.63) is 51.9 Å². The minimum absolute atomic E-state index is 0.221. The number of fused-ring (bicyclic) bond motifs is 2. The number of hydrogen-bond acceptors (Lipinski definition) is 5. The van der Waals surface area contributed by atoms with Gasteiger partial charge in [0, 0.05) is 16.0 Å². The lowest BCUT2D eigenvalue weighted by Crippen LogP contribution is -2.14. The molecule has 1 aromatic carbocycles. The Kier molecular flexibility index (Phi) is 3.50. The van der Waals surface area contributed by atoms with Crippen molar-refractivity contribution in [2.24, 2.45) is 0 Å². The molecule has 0 radical (unpaired) electrons. The van der Waals surface area contributed by atoms with Crippen LogP contribution in [0.25, 0.3) is 15.9 Å². The number of pyridine rings is 1. The number of anilines is 1. The third-order valence-electron chi connectivity index (χ3n) is 4.02. The zero-order chi connectivity index (χ0) is 17.7. The summed E-state index contributed by atoms with van der Waals surface area (Å²) in [4.78, 5) is 23.2. The van der Waals surface area contributed by atoms with Gasteiger partial charge in [0.05, 0.1) is 16.8 Å². The molecular formula is C17H14FN5OS. The summed E-state index contributed by atoms with van der Waals surface area (Å²) in [6, 6.07) is 5.83. The van der Waals surface area contributed by atoms with Crippen LogP contribution in [0, 0.1) is 26.6 Å². The fourth-order valence-electron chi connectivity index (χ4n) is 2.68. The number of hydrogen-bond donors (Lipinski definition) is 1. The molecule has 0 saturated carbocycles. The maximum atomic E-state index is 13.6. The van der Waals surface area contributed by atoms with Crippen molar-refractivity contribution in [1.82, 2.24) is 19.6 Å². The first kappa shape index (κ1) is 15.6. The van der Waals surface area contributed by atoms with E-state index in [2.05, 4.69) is 20.4 Å². The van der Waals surface area contributed by atoms with Gasteiger partial charge in [0.1, 0.15) is 5.82 Å². The molecule has 0 fully saturated rings. The van der Waals surface area contributed by atoms with Gasteiger partial charge < -0.3 is 0 Å². The molecule has 0 saturated heterocycles. The number of thiazole rings is 1. The Morgan fingerprint density at radius 2 is 2.00 bits per heavy atom. The van der Waals surface area contributed by atoms with Gasteiger partial charge in [0.15, 0.2) is 0 Å². The van der Waals surface area contributed by atoms with E-state index in [0.29, 0.717) is 27.1 Å². The van der Waals surface area contributed by atoms with Crippen molar-refractivity contribution in [3.63, 3.8) is 0 Å². The molecule has 8 heteroatoms. The Bertz CT molecular complexity index is 1150. The molecule has 25 heavy (non-hydrogen) atoms. The van der Waals surface area contributed by atoms with E-state index in [9.17, 15) is 9.18 Å². The second-order valence-corrected chi connectivity index (χ2v) is 6.98. The third kappa shape index (κ3) is 2.64. The van der Waals surface area contributed by atoms with Gasteiger partial charge in [-0.15, -0.1) is 5.10 Å². The Morgan fingerprint density at radius 1 is 1.20 bits per heavy atom. The van der Waals surface area contributed by atoms with Crippen molar-refractivity contribution in [2.75, 3.05) is 5.32 Å². The molecule has 4 aromatic rings. The molecule has 1 N–H and O–H groups in total. The summed E-state index contributed by atoms with van der Waals surface area (Å²) >= 11 is 1.51. The fraction of sp³-hybridized carbons (Fsp3) is 0.176. The lowest BCUT2D eigenvalue weighted by molar-refractivity contribution is 0.102. The lowest BCUT2D eigenvalue weighted by Gasteiger charge is -2.07. The zero-order valence-electron chi connectivity index (χ0n) is 13.8. The summed E-state index contributed by atoms with van der Waals surface area (Å²) in [6.07, 6.45) is 0. The van der Waals surface area contributed by atoms with Crippen LogP contribution in [0.5, 0.6) is 0 Å². The van der Waals surface area contributed by atoms with E-state index in [4.69, 9.17) is 0 Å². The van der Waals surface area contributed by atoms with Crippen LogP contribution < -0.4 is 5.32 Å². The molecule has 6 nitrogen and oxygen atoms in total. The Balaban J connectivity index is 1.75. The van der Waals surface area contributed by atoms with Crippen LogP contribution in [-0.2, 0) is 0 Å². The molecular weight excluding hydrogens is 341 g/mol. The third-order valence-corrected chi connectivity index (χ3v) is 5.07. The molecule has 4 rings (SSSR count). The predicted molar refractivity (Wildman–Crippen MR) is 94.7 cm³/mol. The van der Waals surface area contributed by atoms with Gasteiger partial charge in [-0.2, -0.15) is 4.98 Å². The highest BCUT2D eigenvalue weighted by atomic mass is 32.1. The zero-order valence-corrected chi connectivity index (χ0v) is 14.6. The quantitative estimate of drug-likeness (QED) is 0.596. The fourth-order valence-corrected chi connectivity index (χ4v) is 3.59. The van der Waals surface area contributed by atoms with Crippen molar-refractivity contribution in [2.45, 2.75) is 20.8 Å². The van der Waals surface area contributed by atoms with Crippen molar-refractivity contribution < 1.29 is 9.18 Å². The van der Waals surface area contributed by atoms with Crippen molar-refractivity contribution >= 4 is 39.1 Å². The molecule has 3 aromatic heterocycles. The number of benzene rings is 1. The molecule has 3 heterocycles. The van der Waals surface area contributed by atoms with E-state index in [1.807, 2.05) is 13.8 Å². The highest BCUT2D eigenvalue weighted by Gasteiger charge is 2.17. The van der Waals surface area contributed by atoms with Crippen LogP contribution >= 0.6 is 11.3 Å². The SMILES string of the molecule is Cc1cc(C(=O)Nc2nc3sc(C)c(C)n3n2)c2cc(F)ccc2n1. The number of rotatable bonds is 2. The van der Waals surface area contributed by atoms with Gasteiger partial charge >= 0.3 is 0 Å². The van der Waals surface area contributed by atoms with Gasteiger partial charge in [-0.1, -0.05) is 11.3 Å². The van der Waals surface area contributed by atoms with Crippen LogP contribution in [0.4, 0.5) is 10.3 Å². The smallest absolute Gasteiger partial charge is 0.258 e. The second kappa shape index (κ2) is 5.59. The molecule has 126 valence electrons. The van der Waals surface area contributed by atoms with E-state index in [1.165, 1.54) is 23.5 Å². The van der Waals surface area contributed by atoms with Crippen LogP contribution in [0.3, 0.4) is 0 Å². The van der Waals surface area contributed by atoms with E-state index >= 15 is 0 Å². The lowest BCUT2D eigenvalue weighted by atomic mass is 10.1. The van der Waals surface area contributed by atoms with Crippen molar-refractivity contribution in [3.8, 4) is 0 Å². The number of aromatic nitrogens is 4. The molecule has 1 amide bonds. The monoisotopic (exact) mass is 355 g/mol. The molecule has 0 atom stereocenters. The average Bonchev–Trinajstić information content (AvgIpc) is 3.06. The number of halogens is 1. The summed E-state index contributed by atoms with van der Waals surface area (Å²) in [5, 5.41) is 7.46. The maximum Gasteiger partial charge on any atom is 0.258 e. The van der Waals surface area contributed by atoms with E-state index < -0.39 is 11.7 Å². The van der Waals surface area contributed by atoms with Crippen LogP contribution in [0.1, 0.15) is 26.6 Å². The molecule has 0 unspecified atom stereocenters. The standard InChI is InChI=1S/C17H14FN5OS/c1-8-6-13(12-7-11(18)4-5-14(12)19-8)15(24)20-16-21-17-23(22-16)9(2)10(3)25-17/h4-7H,1-3H3,(H,20,22,24). The molecule has 0 aliphatic rings. The van der Waals surface area contributed by atoms with Gasteiger partial charge in [0.25, 0.3) is 11.9 Å². The van der Waals surface area contributed by atoms with Crippen LogP contribution in [0.15, 0.2) is 24.3 Å². The average molecular weight is 355 g/mol. The largest absolute Gasteiger partial charge is 0.289 e. The summed E-state index contributed by atoms with van der Waals surface area (Å²) in [7, 11) is 0. The van der Waals surface area contributed by atoms with Gasteiger partial charge in [0.2, 0.25) is 4.96 Å². The number of nitrogens with one attached hydrogen (secondary N) is 1. The van der Waals surface area contributed by atoms with E-state index in [0.717, 1.165) is 10.6 Å². The summed E-state index contributed by atoms with van der Waals surface area (Å²) in [6.45, 7) is 5.73. The van der Waals surface area contributed by atoms with Crippen LogP contribution in [-0.4, -0.2) is 25.5 Å². The normalized spacial score (nSPS) is 11.4. The first-order chi connectivity index (χ1) is 11.9. The highest BCUT2D eigenvalue weighted by molar-refractivity contribution is 7.17. The number of aryl methyl sites for hydroxylation is 3. The molecule has 0 aliphatic heterocycles. The van der Waals surface area contributed by atoms with Crippen molar-refractivity contribution in [1.29, 1.82) is 0 Å².